The summed E-state index contributed by atoms with van der Waals surface area (Å²) >= 11 is 0. The summed E-state index contributed by atoms with van der Waals surface area (Å²) in [5.41, 5.74) is 0. The lowest BCUT2D eigenvalue weighted by atomic mass is 10.2. The molecule has 4 heteroatoms. The lowest BCUT2D eigenvalue weighted by molar-refractivity contribution is -0.129. The van der Waals surface area contributed by atoms with Gasteiger partial charge in [0.15, 0.2) is 0 Å². The summed E-state index contributed by atoms with van der Waals surface area (Å²) in [5, 5.41) is 3.15. The third kappa shape index (κ3) is 3.80. The molecule has 1 rings (SSSR count). The number of rotatable bonds is 5. The Morgan fingerprint density at radius 3 is 2.80 bits per heavy atom. The molecule has 0 aromatic heterocycles. The van der Waals surface area contributed by atoms with Crippen LogP contribution < -0.4 is 5.32 Å². The van der Waals surface area contributed by atoms with E-state index in [9.17, 15) is 4.79 Å². The topological polar surface area (TPSA) is 35.6 Å². The van der Waals surface area contributed by atoms with E-state index in [1.807, 2.05) is 4.90 Å². The van der Waals surface area contributed by atoms with Gasteiger partial charge < -0.3 is 15.1 Å². The van der Waals surface area contributed by atoms with Crippen molar-refractivity contribution in [2.45, 2.75) is 25.8 Å². The van der Waals surface area contributed by atoms with Gasteiger partial charge in [-0.2, -0.15) is 0 Å². The predicted molar refractivity (Wildman–Crippen MR) is 61.8 cm³/mol. The molecule has 15 heavy (non-hydrogen) atoms. The van der Waals surface area contributed by atoms with E-state index in [-0.39, 0.29) is 5.91 Å². The Balaban J connectivity index is 2.24. The molecule has 1 amide bonds. The molecule has 0 aromatic carbocycles. The standard InChI is InChI=1S/C11H23N3O/c1-4-6-12-8-11(15)14-7-5-10(9-14)13(2)3/h10,12H,4-9H2,1-3H3. The van der Waals surface area contributed by atoms with Crippen molar-refractivity contribution in [2.24, 2.45) is 0 Å². The van der Waals surface area contributed by atoms with Gasteiger partial charge in [0.05, 0.1) is 6.54 Å². The fourth-order valence-electron chi connectivity index (χ4n) is 1.87. The van der Waals surface area contributed by atoms with E-state index in [1.165, 1.54) is 0 Å². The monoisotopic (exact) mass is 213 g/mol. The summed E-state index contributed by atoms with van der Waals surface area (Å²) in [5.74, 6) is 0.243. The minimum Gasteiger partial charge on any atom is -0.340 e. The average Bonchev–Trinajstić information content (AvgIpc) is 2.66. The van der Waals surface area contributed by atoms with Gasteiger partial charge in [-0.05, 0) is 33.5 Å². The van der Waals surface area contributed by atoms with Crippen molar-refractivity contribution in [1.29, 1.82) is 0 Å². The minimum atomic E-state index is 0.243. The van der Waals surface area contributed by atoms with Crippen molar-refractivity contribution in [3.05, 3.63) is 0 Å². The van der Waals surface area contributed by atoms with Crippen LogP contribution in [0.4, 0.5) is 0 Å². The van der Waals surface area contributed by atoms with Crippen LogP contribution in [0.25, 0.3) is 0 Å². The first-order valence-corrected chi connectivity index (χ1v) is 5.80. The summed E-state index contributed by atoms with van der Waals surface area (Å²) in [4.78, 5) is 15.9. The smallest absolute Gasteiger partial charge is 0.236 e. The number of nitrogens with one attached hydrogen (secondary N) is 1. The normalized spacial score (nSPS) is 21.3. The van der Waals surface area contributed by atoms with Crippen molar-refractivity contribution in [3.8, 4) is 0 Å². The Hall–Kier alpha value is -0.610. The lowest BCUT2D eigenvalue weighted by Gasteiger charge is -2.20. The second-order valence-corrected chi connectivity index (χ2v) is 4.42. The summed E-state index contributed by atoms with van der Waals surface area (Å²) in [6.07, 6.45) is 2.18. The Labute approximate surface area is 92.6 Å². The highest BCUT2D eigenvalue weighted by Crippen LogP contribution is 2.12. The van der Waals surface area contributed by atoms with Gasteiger partial charge in [-0.1, -0.05) is 6.92 Å². The molecule has 0 aliphatic carbocycles. The Bertz CT molecular complexity index is 206. The SMILES string of the molecule is CCCNCC(=O)N1CCC(N(C)C)C1. The van der Waals surface area contributed by atoms with Crippen LogP contribution in [0.1, 0.15) is 19.8 Å². The van der Waals surface area contributed by atoms with Gasteiger partial charge in [-0.3, -0.25) is 4.79 Å². The van der Waals surface area contributed by atoms with Gasteiger partial charge in [0.25, 0.3) is 0 Å². The highest BCUT2D eigenvalue weighted by atomic mass is 16.2. The Morgan fingerprint density at radius 2 is 2.27 bits per heavy atom. The largest absolute Gasteiger partial charge is 0.340 e. The predicted octanol–water partition coefficient (Wildman–Crippen LogP) is 0.149. The maximum Gasteiger partial charge on any atom is 0.236 e. The maximum absolute atomic E-state index is 11.7. The number of likely N-dealkylation sites (N-methyl/N-ethyl adjacent to an activating group) is 1. The van der Waals surface area contributed by atoms with Gasteiger partial charge in [0.1, 0.15) is 0 Å². The second-order valence-electron chi connectivity index (χ2n) is 4.42. The van der Waals surface area contributed by atoms with E-state index >= 15 is 0 Å². The molecule has 0 radical (unpaired) electrons. The van der Waals surface area contributed by atoms with Gasteiger partial charge in [0.2, 0.25) is 5.91 Å². The van der Waals surface area contributed by atoms with E-state index in [0.717, 1.165) is 32.5 Å². The second kappa shape index (κ2) is 6.08. The molecular formula is C11H23N3O. The van der Waals surface area contributed by atoms with Crippen LogP contribution >= 0.6 is 0 Å². The first kappa shape index (κ1) is 12.5. The van der Waals surface area contributed by atoms with E-state index in [4.69, 9.17) is 0 Å². The fraction of sp³-hybridized carbons (Fsp3) is 0.909. The summed E-state index contributed by atoms with van der Waals surface area (Å²) < 4.78 is 0. The zero-order chi connectivity index (χ0) is 11.3. The van der Waals surface area contributed by atoms with E-state index < -0.39 is 0 Å². The Morgan fingerprint density at radius 1 is 1.53 bits per heavy atom. The van der Waals surface area contributed by atoms with Gasteiger partial charge >= 0.3 is 0 Å². The third-order valence-electron chi connectivity index (χ3n) is 2.95. The summed E-state index contributed by atoms with van der Waals surface area (Å²) in [6, 6.07) is 0.542. The van der Waals surface area contributed by atoms with Crippen molar-refractivity contribution in [2.75, 3.05) is 40.3 Å². The maximum atomic E-state index is 11.7. The average molecular weight is 213 g/mol. The number of amides is 1. The molecule has 1 atom stereocenters. The van der Waals surface area contributed by atoms with Crippen LogP contribution in [-0.4, -0.2) is 62.0 Å². The molecule has 1 aliphatic heterocycles. The van der Waals surface area contributed by atoms with Gasteiger partial charge in [0, 0.05) is 19.1 Å². The quantitative estimate of drug-likeness (QED) is 0.660. The van der Waals surface area contributed by atoms with Crippen LogP contribution in [0.2, 0.25) is 0 Å². The van der Waals surface area contributed by atoms with E-state index in [1.54, 1.807) is 0 Å². The van der Waals surface area contributed by atoms with Gasteiger partial charge in [-0.15, -0.1) is 0 Å². The van der Waals surface area contributed by atoms with Crippen molar-refractivity contribution in [3.63, 3.8) is 0 Å². The van der Waals surface area contributed by atoms with E-state index in [0.29, 0.717) is 12.6 Å². The molecule has 1 fully saturated rings. The number of carbonyl (C=O) groups is 1. The molecular weight excluding hydrogens is 190 g/mol. The first-order valence-electron chi connectivity index (χ1n) is 5.80. The number of hydrogen-bond donors (Lipinski definition) is 1. The molecule has 1 saturated heterocycles. The fourth-order valence-corrected chi connectivity index (χ4v) is 1.87. The van der Waals surface area contributed by atoms with Crippen molar-refractivity contribution >= 4 is 5.91 Å². The van der Waals surface area contributed by atoms with Crippen molar-refractivity contribution in [1.82, 2.24) is 15.1 Å². The van der Waals surface area contributed by atoms with Crippen LogP contribution in [0.15, 0.2) is 0 Å². The summed E-state index contributed by atoms with van der Waals surface area (Å²) in [7, 11) is 4.15. The minimum absolute atomic E-state index is 0.243. The first-order chi connectivity index (χ1) is 7.15. The van der Waals surface area contributed by atoms with Crippen LogP contribution in [0.3, 0.4) is 0 Å². The zero-order valence-electron chi connectivity index (χ0n) is 10.1. The lowest BCUT2D eigenvalue weighted by Crippen LogP contribution is -2.39. The molecule has 1 unspecified atom stereocenters. The molecule has 88 valence electrons. The Kier molecular flexibility index (Phi) is 5.05. The molecule has 1 heterocycles. The van der Waals surface area contributed by atoms with Crippen LogP contribution in [0.5, 0.6) is 0 Å². The molecule has 1 aliphatic rings. The molecule has 4 nitrogen and oxygen atoms in total. The van der Waals surface area contributed by atoms with E-state index in [2.05, 4.69) is 31.2 Å². The number of nitrogens with zero attached hydrogens (tertiary/aromatic N) is 2. The molecule has 0 aromatic rings. The van der Waals surface area contributed by atoms with Crippen LogP contribution in [0, 0.1) is 0 Å². The molecule has 0 bridgehead atoms. The number of hydrogen-bond acceptors (Lipinski definition) is 3. The molecule has 0 spiro atoms. The van der Waals surface area contributed by atoms with Gasteiger partial charge in [-0.25, -0.2) is 0 Å². The van der Waals surface area contributed by atoms with Crippen LogP contribution in [-0.2, 0) is 4.79 Å². The number of likely N-dealkylation sites (tertiary alicyclic amines) is 1. The molecule has 1 N–H and O–H groups in total. The van der Waals surface area contributed by atoms with Crippen molar-refractivity contribution < 1.29 is 4.79 Å². The highest BCUT2D eigenvalue weighted by molar-refractivity contribution is 5.78. The highest BCUT2D eigenvalue weighted by Gasteiger charge is 2.26. The number of carbonyl (C=O) groups excluding carboxylic acids is 1. The summed E-state index contributed by atoms with van der Waals surface area (Å²) in [6.45, 7) is 5.33. The third-order valence-corrected chi connectivity index (χ3v) is 2.95. The zero-order valence-corrected chi connectivity index (χ0v) is 10.1. The molecule has 0 saturated carbocycles.